The number of rotatable bonds is 5. The average molecular weight is 414 g/mol. The van der Waals surface area contributed by atoms with Gasteiger partial charge in [0.2, 0.25) is 0 Å². The van der Waals surface area contributed by atoms with Crippen LogP contribution in [0, 0.1) is 5.82 Å². The Balaban J connectivity index is 1.59. The molecule has 0 radical (unpaired) electrons. The van der Waals surface area contributed by atoms with Gasteiger partial charge in [-0.05, 0) is 25.1 Å². The Kier molecular flexibility index (Phi) is 5.29. The third kappa shape index (κ3) is 3.80. The Morgan fingerprint density at radius 3 is 3.10 bits per heavy atom. The highest BCUT2D eigenvalue weighted by molar-refractivity contribution is 6.05. The third-order valence-electron chi connectivity index (χ3n) is 4.56. The number of carbonyl (C=O) groups is 1. The summed E-state index contributed by atoms with van der Waals surface area (Å²) in [6.07, 6.45) is 0.533. The van der Waals surface area contributed by atoms with Gasteiger partial charge in [-0.25, -0.2) is 9.37 Å². The zero-order valence-electron chi connectivity index (χ0n) is 15.9. The van der Waals surface area contributed by atoms with E-state index >= 15 is 0 Å². The van der Waals surface area contributed by atoms with Gasteiger partial charge in [-0.1, -0.05) is 6.07 Å². The van der Waals surface area contributed by atoms with Crippen molar-refractivity contribution in [3.8, 4) is 17.3 Å². The van der Waals surface area contributed by atoms with Crippen molar-refractivity contribution < 1.29 is 24.1 Å². The van der Waals surface area contributed by atoms with Gasteiger partial charge in [0.25, 0.3) is 5.91 Å². The maximum atomic E-state index is 14.4. The molecule has 1 amide bonds. The first-order chi connectivity index (χ1) is 14.5. The predicted molar refractivity (Wildman–Crippen MR) is 105 cm³/mol. The second kappa shape index (κ2) is 8.05. The molecule has 1 aliphatic heterocycles. The van der Waals surface area contributed by atoms with Crippen molar-refractivity contribution in [2.75, 3.05) is 23.8 Å². The Morgan fingerprint density at radius 1 is 1.47 bits per heavy atom. The number of halogens is 1. The van der Waals surface area contributed by atoms with Crippen LogP contribution in [-0.2, 0) is 0 Å². The number of nitrogens with one attached hydrogen (secondary N) is 2. The number of fused-ring (bicyclic) bond motifs is 1. The Hall–Kier alpha value is -3.57. The second-order valence-electron chi connectivity index (χ2n) is 6.75. The number of hydrogen-bond acceptors (Lipinski definition) is 8. The summed E-state index contributed by atoms with van der Waals surface area (Å²) in [6.45, 7) is 1.67. The molecule has 0 fully saturated rings. The number of nitrogens with zero attached hydrogens (tertiary/aromatic N) is 4. The lowest BCUT2D eigenvalue weighted by molar-refractivity contribution is 0.102. The predicted octanol–water partition coefficient (Wildman–Crippen LogP) is 1.41. The number of carbonyl (C=O) groups excluding carboxylic acids is 1. The van der Waals surface area contributed by atoms with Crippen LogP contribution in [0.4, 0.5) is 15.9 Å². The molecule has 156 valence electrons. The number of aliphatic hydroxyl groups is 2. The molecule has 0 saturated carbocycles. The first-order valence-corrected chi connectivity index (χ1v) is 9.16. The molecule has 2 aromatic heterocycles. The van der Waals surface area contributed by atoms with Crippen molar-refractivity contribution in [1.82, 2.24) is 19.7 Å². The molecule has 4 N–H and O–H groups in total. The summed E-state index contributed by atoms with van der Waals surface area (Å²) in [7, 11) is 0. The molecular weight excluding hydrogens is 395 g/mol. The minimum atomic E-state index is -0.948. The minimum Gasteiger partial charge on any atom is -0.487 e. The fourth-order valence-corrected chi connectivity index (χ4v) is 3.00. The van der Waals surface area contributed by atoms with Crippen LogP contribution >= 0.6 is 0 Å². The number of aliphatic hydroxyl groups excluding tert-OH is 2. The lowest BCUT2D eigenvalue weighted by Crippen LogP contribution is -2.31. The van der Waals surface area contributed by atoms with Gasteiger partial charge in [-0.15, -0.1) is 10.2 Å². The van der Waals surface area contributed by atoms with Crippen molar-refractivity contribution >= 4 is 17.4 Å². The fourth-order valence-electron chi connectivity index (χ4n) is 3.00. The van der Waals surface area contributed by atoms with Gasteiger partial charge in [0, 0.05) is 6.07 Å². The molecule has 1 aromatic carbocycles. The van der Waals surface area contributed by atoms with E-state index in [-0.39, 0.29) is 36.4 Å². The van der Waals surface area contributed by atoms with Gasteiger partial charge in [0.05, 0.1) is 23.9 Å². The number of pyridine rings is 1. The zero-order chi connectivity index (χ0) is 21.3. The van der Waals surface area contributed by atoms with Crippen molar-refractivity contribution in [3.63, 3.8) is 0 Å². The van der Waals surface area contributed by atoms with E-state index < -0.39 is 18.0 Å². The molecule has 0 spiro atoms. The molecule has 0 bridgehead atoms. The number of ether oxygens (including phenoxy) is 1. The number of anilines is 2. The molecule has 1 aliphatic rings. The van der Waals surface area contributed by atoms with Crippen molar-refractivity contribution in [2.45, 2.75) is 19.2 Å². The van der Waals surface area contributed by atoms with E-state index in [4.69, 9.17) is 4.74 Å². The van der Waals surface area contributed by atoms with Crippen LogP contribution in [0.15, 0.2) is 36.7 Å². The van der Waals surface area contributed by atoms with E-state index in [0.29, 0.717) is 17.2 Å². The summed E-state index contributed by atoms with van der Waals surface area (Å²) in [5.74, 6) is -0.663. The van der Waals surface area contributed by atoms with Crippen molar-refractivity contribution in [2.24, 2.45) is 0 Å². The summed E-state index contributed by atoms with van der Waals surface area (Å²) in [6, 6.07) is 7.00. The molecule has 0 saturated heterocycles. The normalized spacial score (nSPS) is 16.2. The summed E-state index contributed by atoms with van der Waals surface area (Å²) < 4.78 is 21.3. The van der Waals surface area contributed by atoms with Crippen LogP contribution in [0.5, 0.6) is 5.75 Å². The van der Waals surface area contributed by atoms with Crippen LogP contribution in [0.2, 0.25) is 0 Å². The molecule has 2 atom stereocenters. The van der Waals surface area contributed by atoms with E-state index in [9.17, 15) is 19.4 Å². The van der Waals surface area contributed by atoms with E-state index in [2.05, 4.69) is 25.8 Å². The van der Waals surface area contributed by atoms with Crippen LogP contribution in [-0.4, -0.2) is 55.3 Å². The SMILES string of the molecule is CC(CO)n1cnnc1-c1cccc(NC(=O)c2cc3c(cc2F)OCC(O)N3)n1. The highest BCUT2D eigenvalue weighted by Crippen LogP contribution is 2.31. The highest BCUT2D eigenvalue weighted by Gasteiger charge is 2.22. The van der Waals surface area contributed by atoms with Gasteiger partial charge < -0.3 is 30.2 Å². The first kappa shape index (κ1) is 19.7. The van der Waals surface area contributed by atoms with Crippen LogP contribution in [0.25, 0.3) is 11.5 Å². The highest BCUT2D eigenvalue weighted by atomic mass is 19.1. The third-order valence-corrected chi connectivity index (χ3v) is 4.56. The molecular formula is C19H19FN6O4. The molecule has 4 rings (SSSR count). The Labute approximate surface area is 170 Å². The topological polar surface area (TPSA) is 134 Å². The van der Waals surface area contributed by atoms with E-state index in [1.54, 1.807) is 29.7 Å². The maximum absolute atomic E-state index is 14.4. The monoisotopic (exact) mass is 414 g/mol. The fraction of sp³-hybridized carbons (Fsp3) is 0.263. The van der Waals surface area contributed by atoms with Crippen LogP contribution < -0.4 is 15.4 Å². The van der Waals surface area contributed by atoms with Crippen LogP contribution in [0.3, 0.4) is 0 Å². The van der Waals surface area contributed by atoms with E-state index in [1.807, 2.05) is 0 Å². The van der Waals surface area contributed by atoms with E-state index in [0.717, 1.165) is 6.07 Å². The minimum absolute atomic E-state index is 0.0196. The Morgan fingerprint density at radius 2 is 2.30 bits per heavy atom. The largest absolute Gasteiger partial charge is 0.487 e. The molecule has 10 nitrogen and oxygen atoms in total. The molecule has 2 unspecified atom stereocenters. The standard InChI is InChI=1S/C19H19FN6O4/c1-10(7-27)26-9-21-25-18(26)13-3-2-4-16(22-13)24-19(29)11-5-14-15(6-12(11)20)30-8-17(28)23-14/h2-6,9-10,17,23,27-28H,7-8H2,1H3,(H,22,24,29). The lowest BCUT2D eigenvalue weighted by Gasteiger charge is -2.24. The average Bonchev–Trinajstić information content (AvgIpc) is 3.23. The summed E-state index contributed by atoms with van der Waals surface area (Å²) >= 11 is 0. The quantitative estimate of drug-likeness (QED) is 0.492. The van der Waals surface area contributed by atoms with Gasteiger partial charge >= 0.3 is 0 Å². The zero-order valence-corrected chi connectivity index (χ0v) is 15.9. The summed E-state index contributed by atoms with van der Waals surface area (Å²) in [5, 5.41) is 32.2. The van der Waals surface area contributed by atoms with Crippen molar-refractivity contribution in [1.29, 1.82) is 0 Å². The van der Waals surface area contributed by atoms with E-state index in [1.165, 1.54) is 12.4 Å². The van der Waals surface area contributed by atoms with Gasteiger partial charge in [0.15, 0.2) is 12.1 Å². The molecule has 0 aliphatic carbocycles. The van der Waals surface area contributed by atoms with Crippen molar-refractivity contribution in [3.05, 3.63) is 48.0 Å². The number of aromatic nitrogens is 4. The molecule has 30 heavy (non-hydrogen) atoms. The van der Waals surface area contributed by atoms with Gasteiger partial charge in [0.1, 0.15) is 36.0 Å². The summed E-state index contributed by atoms with van der Waals surface area (Å²) in [5.41, 5.74) is 0.506. The molecule has 3 heterocycles. The van der Waals surface area contributed by atoms with Crippen LogP contribution in [0.1, 0.15) is 23.3 Å². The number of benzene rings is 1. The Bertz CT molecular complexity index is 1090. The first-order valence-electron chi connectivity index (χ1n) is 9.16. The second-order valence-corrected chi connectivity index (χ2v) is 6.75. The molecule has 3 aromatic rings. The van der Waals surface area contributed by atoms with Gasteiger partial charge in [-0.2, -0.15) is 0 Å². The molecule has 11 heteroatoms. The number of hydrogen-bond donors (Lipinski definition) is 4. The maximum Gasteiger partial charge on any atom is 0.259 e. The smallest absolute Gasteiger partial charge is 0.259 e. The lowest BCUT2D eigenvalue weighted by atomic mass is 10.1. The summed E-state index contributed by atoms with van der Waals surface area (Å²) in [4.78, 5) is 17.0. The van der Waals surface area contributed by atoms with Gasteiger partial charge in [-0.3, -0.25) is 4.79 Å². The number of amides is 1.